The summed E-state index contributed by atoms with van der Waals surface area (Å²) in [6.07, 6.45) is 1.83. The van der Waals surface area contributed by atoms with Gasteiger partial charge in [0, 0.05) is 6.54 Å². The zero-order chi connectivity index (χ0) is 10.4. The summed E-state index contributed by atoms with van der Waals surface area (Å²) in [7, 11) is -3.31. The van der Waals surface area contributed by atoms with Crippen LogP contribution in [0.5, 0.6) is 0 Å². The van der Waals surface area contributed by atoms with Gasteiger partial charge in [-0.1, -0.05) is 25.5 Å². The van der Waals surface area contributed by atoms with Crippen molar-refractivity contribution in [1.29, 1.82) is 0 Å². The van der Waals surface area contributed by atoms with Gasteiger partial charge in [-0.25, -0.2) is 13.1 Å². The molecule has 1 radical (unpaired) electrons. The molecule has 0 aliphatic heterocycles. The van der Waals surface area contributed by atoms with Gasteiger partial charge in [-0.15, -0.1) is 0 Å². The fourth-order valence-electron chi connectivity index (χ4n) is 1.01. The number of nitrogens with one attached hydrogen (secondary N) is 1. The van der Waals surface area contributed by atoms with Crippen LogP contribution in [0.15, 0.2) is 29.2 Å². The Morgan fingerprint density at radius 3 is 2.86 bits per heavy atom. The molecule has 0 aliphatic rings. The van der Waals surface area contributed by atoms with Crippen LogP contribution < -0.4 is 4.72 Å². The smallest absolute Gasteiger partial charge is 0.211 e. The monoisotopic (exact) mass is 212 g/mol. The molecule has 0 saturated heterocycles. The summed E-state index contributed by atoms with van der Waals surface area (Å²) in [5, 5.41) is 0. The Morgan fingerprint density at radius 1 is 1.50 bits per heavy atom. The molecule has 0 atom stereocenters. The summed E-state index contributed by atoms with van der Waals surface area (Å²) in [5.74, 6) is 0. The van der Waals surface area contributed by atoms with E-state index in [-0.39, 0.29) is 4.90 Å². The van der Waals surface area contributed by atoms with Crippen molar-refractivity contribution < 1.29 is 8.42 Å². The van der Waals surface area contributed by atoms with Crippen molar-refractivity contribution in [1.82, 2.24) is 4.72 Å². The van der Waals surface area contributed by atoms with E-state index in [2.05, 4.69) is 10.8 Å². The zero-order valence-corrected chi connectivity index (χ0v) is 8.97. The maximum Gasteiger partial charge on any atom is 0.240 e. The van der Waals surface area contributed by atoms with Gasteiger partial charge in [0.25, 0.3) is 0 Å². The predicted octanol–water partition coefficient (Wildman–Crippen LogP) is 1.57. The van der Waals surface area contributed by atoms with E-state index in [1.807, 2.05) is 6.92 Å². The maximum atomic E-state index is 11.6. The molecule has 0 fully saturated rings. The molecule has 0 bridgehead atoms. The van der Waals surface area contributed by atoms with E-state index in [9.17, 15) is 8.42 Å². The molecule has 0 aliphatic carbocycles. The molecular formula is C10H14NO2S. The van der Waals surface area contributed by atoms with E-state index in [0.29, 0.717) is 6.54 Å². The second-order valence-electron chi connectivity index (χ2n) is 2.99. The standard InChI is InChI=1S/C10H14NO2S/c1-2-3-9-11-14(12,13)10-7-5-4-6-8-10/h4-5,7-8,11H,2-3,9H2,1H3. The van der Waals surface area contributed by atoms with Gasteiger partial charge in [-0.05, 0) is 24.6 Å². The van der Waals surface area contributed by atoms with Crippen LogP contribution >= 0.6 is 0 Å². The largest absolute Gasteiger partial charge is 0.240 e. The molecule has 0 amide bonds. The number of hydrogen-bond acceptors (Lipinski definition) is 2. The highest BCUT2D eigenvalue weighted by Crippen LogP contribution is 2.06. The van der Waals surface area contributed by atoms with E-state index in [1.165, 1.54) is 6.07 Å². The van der Waals surface area contributed by atoms with E-state index >= 15 is 0 Å². The highest BCUT2D eigenvalue weighted by atomic mass is 32.2. The Hall–Kier alpha value is -0.870. The molecular weight excluding hydrogens is 198 g/mol. The Morgan fingerprint density at radius 2 is 2.29 bits per heavy atom. The molecule has 0 aromatic heterocycles. The molecule has 14 heavy (non-hydrogen) atoms. The van der Waals surface area contributed by atoms with E-state index in [4.69, 9.17) is 0 Å². The van der Waals surface area contributed by atoms with Crippen LogP contribution in [-0.4, -0.2) is 15.0 Å². The molecule has 1 aromatic carbocycles. The first-order valence-corrected chi connectivity index (χ1v) is 6.11. The molecule has 1 N–H and O–H groups in total. The van der Waals surface area contributed by atoms with Crippen molar-refractivity contribution >= 4 is 10.0 Å². The average Bonchev–Trinajstić information content (AvgIpc) is 2.19. The summed E-state index contributed by atoms with van der Waals surface area (Å²) in [6.45, 7) is 2.51. The molecule has 0 heterocycles. The second-order valence-corrected chi connectivity index (χ2v) is 4.76. The first-order valence-electron chi connectivity index (χ1n) is 4.62. The molecule has 77 valence electrons. The highest BCUT2D eigenvalue weighted by Gasteiger charge is 2.11. The van der Waals surface area contributed by atoms with Crippen LogP contribution in [0.2, 0.25) is 0 Å². The minimum atomic E-state index is -3.31. The molecule has 3 nitrogen and oxygen atoms in total. The van der Waals surface area contributed by atoms with Crippen LogP contribution in [0.3, 0.4) is 0 Å². The third kappa shape index (κ3) is 3.12. The van der Waals surface area contributed by atoms with Crippen LogP contribution in [-0.2, 0) is 10.0 Å². The predicted molar refractivity (Wildman–Crippen MR) is 55.4 cm³/mol. The lowest BCUT2D eigenvalue weighted by molar-refractivity contribution is 0.578. The van der Waals surface area contributed by atoms with Crippen LogP contribution in [0.25, 0.3) is 0 Å². The molecule has 1 aromatic rings. The third-order valence-corrected chi connectivity index (χ3v) is 3.27. The lowest BCUT2D eigenvalue weighted by Crippen LogP contribution is -2.24. The number of unbranched alkanes of at least 4 members (excludes halogenated alkanes) is 1. The fourth-order valence-corrected chi connectivity index (χ4v) is 2.07. The van der Waals surface area contributed by atoms with Gasteiger partial charge < -0.3 is 0 Å². The Labute approximate surface area is 85.2 Å². The number of benzene rings is 1. The molecule has 0 spiro atoms. The SMILES string of the molecule is CCCCNS(=O)(=O)c1c[c]ccc1. The first-order chi connectivity index (χ1) is 6.67. The van der Waals surface area contributed by atoms with Crippen molar-refractivity contribution in [3.05, 3.63) is 30.3 Å². The van der Waals surface area contributed by atoms with Gasteiger partial charge >= 0.3 is 0 Å². The van der Waals surface area contributed by atoms with E-state index in [0.717, 1.165) is 12.8 Å². The Balaban J connectivity index is 2.67. The van der Waals surface area contributed by atoms with Crippen LogP contribution in [0.1, 0.15) is 19.8 Å². The van der Waals surface area contributed by atoms with Crippen molar-refractivity contribution in [3.8, 4) is 0 Å². The minimum Gasteiger partial charge on any atom is -0.211 e. The van der Waals surface area contributed by atoms with E-state index in [1.54, 1.807) is 18.2 Å². The highest BCUT2D eigenvalue weighted by molar-refractivity contribution is 7.89. The van der Waals surface area contributed by atoms with Crippen molar-refractivity contribution in [2.45, 2.75) is 24.7 Å². The van der Waals surface area contributed by atoms with E-state index < -0.39 is 10.0 Å². The zero-order valence-electron chi connectivity index (χ0n) is 8.16. The van der Waals surface area contributed by atoms with Gasteiger partial charge in [0.1, 0.15) is 0 Å². The molecule has 1 rings (SSSR count). The Bertz CT molecular complexity index is 359. The van der Waals surface area contributed by atoms with Gasteiger partial charge in [0.05, 0.1) is 4.90 Å². The number of sulfonamides is 1. The normalized spacial score (nSPS) is 11.5. The van der Waals surface area contributed by atoms with Gasteiger partial charge in [0.2, 0.25) is 10.0 Å². The summed E-state index contributed by atoms with van der Waals surface area (Å²) < 4.78 is 25.7. The lowest BCUT2D eigenvalue weighted by Gasteiger charge is -2.04. The molecule has 0 saturated carbocycles. The number of rotatable bonds is 5. The summed E-state index contributed by atoms with van der Waals surface area (Å²) >= 11 is 0. The topological polar surface area (TPSA) is 46.2 Å². The van der Waals surface area contributed by atoms with Crippen LogP contribution in [0.4, 0.5) is 0 Å². The van der Waals surface area contributed by atoms with Crippen molar-refractivity contribution in [3.63, 3.8) is 0 Å². The van der Waals surface area contributed by atoms with Crippen LogP contribution in [0, 0.1) is 6.07 Å². The van der Waals surface area contributed by atoms with Crippen molar-refractivity contribution in [2.24, 2.45) is 0 Å². The Kier molecular flexibility index (Phi) is 4.10. The van der Waals surface area contributed by atoms with Crippen molar-refractivity contribution in [2.75, 3.05) is 6.54 Å². The molecule has 0 unspecified atom stereocenters. The van der Waals surface area contributed by atoms with Gasteiger partial charge in [-0.3, -0.25) is 0 Å². The first kappa shape index (κ1) is 11.2. The summed E-state index contributed by atoms with van der Waals surface area (Å²) in [5.41, 5.74) is 0. The quantitative estimate of drug-likeness (QED) is 0.753. The summed E-state index contributed by atoms with van der Waals surface area (Å²) in [4.78, 5) is 0.274. The second kappa shape index (κ2) is 5.12. The molecule has 4 heteroatoms. The van der Waals surface area contributed by atoms with Gasteiger partial charge in [-0.2, -0.15) is 0 Å². The third-order valence-electron chi connectivity index (χ3n) is 1.81. The summed E-state index contributed by atoms with van der Waals surface area (Å²) in [6, 6.07) is 9.10. The average molecular weight is 212 g/mol. The minimum absolute atomic E-state index is 0.274. The van der Waals surface area contributed by atoms with Gasteiger partial charge in [0.15, 0.2) is 0 Å². The number of hydrogen-bond donors (Lipinski definition) is 1. The fraction of sp³-hybridized carbons (Fsp3) is 0.400. The maximum absolute atomic E-state index is 11.6. The lowest BCUT2D eigenvalue weighted by atomic mass is 10.3.